The molecule has 0 fully saturated rings. The molecule has 0 unspecified atom stereocenters. The quantitative estimate of drug-likeness (QED) is 0.243. The summed E-state index contributed by atoms with van der Waals surface area (Å²) in [4.78, 5) is 0. The van der Waals surface area contributed by atoms with Crippen molar-refractivity contribution in [3.63, 3.8) is 0 Å². The largest absolute Gasteiger partial charge is 1.00 e. The van der Waals surface area contributed by atoms with Crippen LogP contribution in [0.5, 0.6) is 0 Å². The Labute approximate surface area is 124 Å². The van der Waals surface area contributed by atoms with Crippen LogP contribution in [0.4, 0.5) is 52.7 Å². The summed E-state index contributed by atoms with van der Waals surface area (Å²) in [7, 11) is 0. The van der Waals surface area contributed by atoms with E-state index in [1.54, 1.807) is 0 Å². The Balaban J connectivity index is -0.0000000257. The summed E-state index contributed by atoms with van der Waals surface area (Å²) in [6.07, 6.45) is 0. The molecule has 0 aliphatic carbocycles. The average molecular weight is 492 g/mol. The Bertz CT molecular complexity index is 65.1. The fourth-order valence-corrected chi connectivity index (χ4v) is 0. The van der Waals surface area contributed by atoms with E-state index in [0.717, 1.165) is 0 Å². The van der Waals surface area contributed by atoms with Crippen LogP contribution < -0.4 is 0 Å². The third-order valence-corrected chi connectivity index (χ3v) is 0. The topological polar surface area (TPSA) is 0 Å². The maximum absolute atomic E-state index is 9.58. The summed E-state index contributed by atoms with van der Waals surface area (Å²) < 4.78 is 115. The second kappa shape index (κ2) is 30.6. The molecule has 0 saturated heterocycles. The van der Waals surface area contributed by atoms with Gasteiger partial charge in [-0.25, -0.2) is 0 Å². The first-order valence-corrected chi connectivity index (χ1v) is 2.27. The Kier molecular flexibility index (Phi) is 61.7. The number of halogens is 12. The molecule has 0 aliphatic heterocycles. The van der Waals surface area contributed by atoms with Crippen molar-refractivity contribution in [2.75, 3.05) is 0 Å². The molecule has 0 nitrogen and oxygen atoms in total. The summed E-state index contributed by atoms with van der Waals surface area (Å²) in [6.45, 7) is -12.3. The normalized spacial score (nSPS) is 8.00. The van der Waals surface area contributed by atoms with Crippen molar-refractivity contribution < 1.29 is 97.4 Å². The van der Waals surface area contributed by atoms with Gasteiger partial charge in [0, 0.05) is 22.4 Å². The zero-order valence-corrected chi connectivity index (χ0v) is 10.1. The van der Waals surface area contributed by atoms with Gasteiger partial charge in [-0.1, -0.05) is 0 Å². The van der Waals surface area contributed by atoms with Crippen molar-refractivity contribution in [2.45, 2.75) is 0 Å². The number of rotatable bonds is 0. The van der Waals surface area contributed by atoms with Crippen LogP contribution in [0.1, 0.15) is 0 Å². The summed E-state index contributed by atoms with van der Waals surface area (Å²) in [5.41, 5.74) is 0. The second-order valence-corrected chi connectivity index (χ2v) is 0.857. The van der Waals surface area contributed by atoms with E-state index in [1.165, 1.54) is 0 Å². The first kappa shape index (κ1) is 36.3. The van der Waals surface area contributed by atoms with Crippen molar-refractivity contribution in [1.82, 2.24) is 0 Å². The first-order chi connectivity index (χ1) is 6.93. The average Bonchev–Trinajstić information content (AvgIpc) is 1.76. The smallest absolute Gasteiger partial charge is 0.385 e. The van der Waals surface area contributed by atoms with Crippen LogP contribution >= 0.6 is 0 Å². The van der Waals surface area contributed by atoms with Crippen LogP contribution in [-0.4, -0.2) is 0 Å². The van der Waals surface area contributed by atoms with Crippen molar-refractivity contribution in [3.05, 3.63) is 26.7 Å². The molecular weight excluding hydrogens is 492 g/mol. The Morgan fingerprint density at radius 2 is 0.333 bits per heavy atom. The molecule has 0 atom stereocenters. The minimum atomic E-state index is -3.08. The molecular formula is C4Ag2F12-3. The molecule has 0 amide bonds. The van der Waals surface area contributed by atoms with E-state index >= 15 is 0 Å². The fourth-order valence-electron chi connectivity index (χ4n) is 0. The van der Waals surface area contributed by atoms with Crippen molar-refractivity contribution in [3.8, 4) is 0 Å². The molecule has 1 radical (unpaired) electrons. The molecule has 0 spiro atoms. The molecule has 0 bridgehead atoms. The SMILES string of the molecule is F[C-](F)F.F[C-](F)F.F[C-](F)F.F[C-](F)F.[Ag+].[Ag]. The van der Waals surface area contributed by atoms with Gasteiger partial charge in [-0.3, -0.25) is 0 Å². The third kappa shape index (κ3) is 9920. The van der Waals surface area contributed by atoms with Crippen LogP contribution in [0.25, 0.3) is 0 Å². The number of hydrogen-bond acceptors (Lipinski definition) is 0. The van der Waals surface area contributed by atoms with E-state index in [4.69, 9.17) is 0 Å². The van der Waals surface area contributed by atoms with Crippen LogP contribution in [-0.2, 0) is 44.8 Å². The van der Waals surface area contributed by atoms with Gasteiger partial charge >= 0.3 is 22.4 Å². The molecule has 0 aliphatic rings. The minimum Gasteiger partial charge on any atom is -0.385 e. The van der Waals surface area contributed by atoms with Gasteiger partial charge in [-0.2, -0.15) is 0 Å². The van der Waals surface area contributed by atoms with Crippen LogP contribution in [0.3, 0.4) is 0 Å². The van der Waals surface area contributed by atoms with Gasteiger partial charge in [0.2, 0.25) is 0 Å². The predicted octanol–water partition coefficient (Wildman–Crippen LogP) is 5.36. The van der Waals surface area contributed by atoms with E-state index < -0.39 is 26.7 Å². The molecule has 0 rings (SSSR count). The summed E-state index contributed by atoms with van der Waals surface area (Å²) in [5.74, 6) is 0. The van der Waals surface area contributed by atoms with Gasteiger partial charge in [0.05, 0.1) is 0 Å². The van der Waals surface area contributed by atoms with Gasteiger partial charge in [0.25, 0.3) is 0 Å². The standard InChI is InChI=1S/4CF3.2Ag/c4*2-1(3)4;;/q4*-1;;+1. The molecule has 0 aromatic heterocycles. The van der Waals surface area contributed by atoms with E-state index in [9.17, 15) is 52.7 Å². The van der Waals surface area contributed by atoms with Crippen LogP contribution in [0.15, 0.2) is 0 Å². The maximum Gasteiger partial charge on any atom is 1.00 e. The van der Waals surface area contributed by atoms with Gasteiger partial charge < -0.3 is 52.7 Å². The third-order valence-electron chi connectivity index (χ3n) is 0. The zero-order valence-electron chi connectivity index (χ0n) is 7.14. The number of hydrogen-bond donors (Lipinski definition) is 0. The molecule has 0 saturated carbocycles. The second-order valence-electron chi connectivity index (χ2n) is 0.857. The van der Waals surface area contributed by atoms with E-state index in [-0.39, 0.29) is 44.8 Å². The molecule has 0 N–H and O–H groups in total. The monoisotopic (exact) mass is 490 g/mol. The van der Waals surface area contributed by atoms with Crippen molar-refractivity contribution >= 4 is 0 Å². The predicted molar refractivity (Wildman–Crippen MR) is 26.3 cm³/mol. The molecule has 0 aromatic rings. The molecule has 18 heavy (non-hydrogen) atoms. The van der Waals surface area contributed by atoms with Gasteiger partial charge in [0.1, 0.15) is 0 Å². The van der Waals surface area contributed by atoms with Crippen molar-refractivity contribution in [2.24, 2.45) is 0 Å². The van der Waals surface area contributed by atoms with Gasteiger partial charge in [0.15, 0.2) is 26.7 Å². The molecule has 0 aromatic carbocycles. The molecule has 125 valence electrons. The Hall–Kier alpha value is 0.641. The minimum absolute atomic E-state index is 0. The Morgan fingerprint density at radius 1 is 0.333 bits per heavy atom. The van der Waals surface area contributed by atoms with Crippen LogP contribution in [0, 0.1) is 26.7 Å². The molecule has 0 heterocycles. The van der Waals surface area contributed by atoms with Crippen molar-refractivity contribution in [1.29, 1.82) is 0 Å². The fraction of sp³-hybridized carbons (Fsp3) is 0. The van der Waals surface area contributed by atoms with Crippen LogP contribution in [0.2, 0.25) is 0 Å². The summed E-state index contributed by atoms with van der Waals surface area (Å²) in [5, 5.41) is 0. The van der Waals surface area contributed by atoms with Gasteiger partial charge in [-0.15, -0.1) is 0 Å². The first-order valence-electron chi connectivity index (χ1n) is 2.27. The van der Waals surface area contributed by atoms with E-state index in [0.29, 0.717) is 0 Å². The van der Waals surface area contributed by atoms with E-state index in [1.807, 2.05) is 0 Å². The molecule has 14 heteroatoms. The maximum atomic E-state index is 9.58. The van der Waals surface area contributed by atoms with Gasteiger partial charge in [-0.05, 0) is 0 Å². The Morgan fingerprint density at radius 3 is 0.333 bits per heavy atom. The van der Waals surface area contributed by atoms with E-state index in [2.05, 4.69) is 0 Å². The zero-order chi connectivity index (χ0) is 14.3. The summed E-state index contributed by atoms with van der Waals surface area (Å²) in [6, 6.07) is 0. The summed E-state index contributed by atoms with van der Waals surface area (Å²) >= 11 is 0.